The molecule has 1 aromatic heterocycles. The average molecular weight is 288 g/mol. The van der Waals surface area contributed by atoms with E-state index in [0.29, 0.717) is 19.6 Å². The Morgan fingerprint density at radius 1 is 1.38 bits per heavy atom. The number of aryl methyl sites for hydroxylation is 1. The minimum atomic E-state index is 0.101. The number of likely N-dealkylation sites (N-methyl/N-ethyl adjacent to an activating group) is 1. The molecule has 0 radical (unpaired) electrons. The average Bonchev–Trinajstić information content (AvgIpc) is 2.83. The summed E-state index contributed by atoms with van der Waals surface area (Å²) in [6, 6.07) is 7.98. The van der Waals surface area contributed by atoms with Gasteiger partial charge >= 0.3 is 0 Å². The highest BCUT2D eigenvalue weighted by atomic mass is 16.2. The standard InChI is InChI=1S/C16H24N4O/c1-3-7-15-18-13-8-4-5-9-14(13)20(15)12-16(21)19(2)11-6-10-17/h4-5,8-9H,3,6-7,10-12,17H2,1-2H3. The van der Waals surface area contributed by atoms with Crippen molar-refractivity contribution in [1.29, 1.82) is 0 Å². The molecule has 2 rings (SSSR count). The molecule has 21 heavy (non-hydrogen) atoms. The number of carbonyl (C=O) groups excluding carboxylic acids is 1. The van der Waals surface area contributed by atoms with E-state index in [1.165, 1.54) is 0 Å². The molecular weight excluding hydrogens is 264 g/mol. The maximum Gasteiger partial charge on any atom is 0.242 e. The molecule has 2 N–H and O–H groups in total. The minimum absolute atomic E-state index is 0.101. The molecule has 1 amide bonds. The Morgan fingerprint density at radius 2 is 2.14 bits per heavy atom. The van der Waals surface area contributed by atoms with Gasteiger partial charge in [0.15, 0.2) is 0 Å². The summed E-state index contributed by atoms with van der Waals surface area (Å²) in [6.45, 7) is 3.77. The first-order valence-corrected chi connectivity index (χ1v) is 7.55. The Labute approximate surface area is 125 Å². The molecule has 0 aliphatic carbocycles. The zero-order valence-corrected chi connectivity index (χ0v) is 12.9. The zero-order chi connectivity index (χ0) is 15.2. The van der Waals surface area contributed by atoms with Gasteiger partial charge in [0.25, 0.3) is 0 Å². The lowest BCUT2D eigenvalue weighted by Gasteiger charge is -2.18. The van der Waals surface area contributed by atoms with E-state index in [2.05, 4.69) is 11.9 Å². The van der Waals surface area contributed by atoms with Gasteiger partial charge in [0.2, 0.25) is 5.91 Å². The third-order valence-corrected chi connectivity index (χ3v) is 3.62. The van der Waals surface area contributed by atoms with Gasteiger partial charge in [-0.05, 0) is 31.5 Å². The molecule has 0 fully saturated rings. The number of para-hydroxylation sites is 2. The van der Waals surface area contributed by atoms with Gasteiger partial charge in [0, 0.05) is 20.0 Å². The van der Waals surface area contributed by atoms with E-state index in [4.69, 9.17) is 5.73 Å². The molecule has 0 aliphatic heterocycles. The molecule has 0 spiro atoms. The van der Waals surface area contributed by atoms with Crippen molar-refractivity contribution in [2.75, 3.05) is 20.1 Å². The van der Waals surface area contributed by atoms with E-state index in [1.807, 2.05) is 35.9 Å². The van der Waals surface area contributed by atoms with Crippen LogP contribution < -0.4 is 5.73 Å². The quantitative estimate of drug-likeness (QED) is 0.845. The maximum atomic E-state index is 12.4. The van der Waals surface area contributed by atoms with Crippen LogP contribution in [0.2, 0.25) is 0 Å². The second kappa shape index (κ2) is 7.22. The van der Waals surface area contributed by atoms with Gasteiger partial charge in [-0.15, -0.1) is 0 Å². The summed E-state index contributed by atoms with van der Waals surface area (Å²) in [7, 11) is 1.83. The third kappa shape index (κ3) is 3.61. The van der Waals surface area contributed by atoms with Crippen molar-refractivity contribution in [2.45, 2.75) is 32.7 Å². The molecule has 0 unspecified atom stereocenters. The van der Waals surface area contributed by atoms with Gasteiger partial charge in [-0.2, -0.15) is 0 Å². The summed E-state index contributed by atoms with van der Waals surface area (Å²) < 4.78 is 2.04. The number of carbonyl (C=O) groups is 1. The molecule has 0 saturated carbocycles. The van der Waals surface area contributed by atoms with Crippen molar-refractivity contribution < 1.29 is 4.79 Å². The highest BCUT2D eigenvalue weighted by molar-refractivity contribution is 5.81. The molecule has 1 heterocycles. The van der Waals surface area contributed by atoms with Gasteiger partial charge < -0.3 is 15.2 Å². The summed E-state index contributed by atoms with van der Waals surface area (Å²) in [5.74, 6) is 1.09. The topological polar surface area (TPSA) is 64.2 Å². The molecule has 0 saturated heterocycles. The predicted octanol–water partition coefficient (Wildman–Crippen LogP) is 1.80. The van der Waals surface area contributed by atoms with Crippen molar-refractivity contribution in [2.24, 2.45) is 5.73 Å². The molecule has 5 nitrogen and oxygen atoms in total. The van der Waals surface area contributed by atoms with Crippen LogP contribution >= 0.6 is 0 Å². The first-order chi connectivity index (χ1) is 10.2. The number of rotatable bonds is 7. The van der Waals surface area contributed by atoms with Crippen LogP contribution in [0.25, 0.3) is 11.0 Å². The van der Waals surface area contributed by atoms with E-state index in [9.17, 15) is 4.79 Å². The third-order valence-electron chi connectivity index (χ3n) is 3.62. The smallest absolute Gasteiger partial charge is 0.242 e. The Kier molecular flexibility index (Phi) is 5.33. The number of amides is 1. The fourth-order valence-corrected chi connectivity index (χ4v) is 2.43. The Hall–Kier alpha value is -1.88. The monoisotopic (exact) mass is 288 g/mol. The van der Waals surface area contributed by atoms with Crippen LogP contribution in [0.1, 0.15) is 25.6 Å². The number of nitrogens with zero attached hydrogens (tertiary/aromatic N) is 3. The summed E-state index contributed by atoms with van der Waals surface area (Å²) >= 11 is 0. The fourth-order valence-electron chi connectivity index (χ4n) is 2.43. The van der Waals surface area contributed by atoms with Crippen LogP contribution in [0.5, 0.6) is 0 Å². The van der Waals surface area contributed by atoms with Crippen LogP contribution in [0.15, 0.2) is 24.3 Å². The van der Waals surface area contributed by atoms with E-state index in [-0.39, 0.29) is 5.91 Å². The Balaban J connectivity index is 2.23. The highest BCUT2D eigenvalue weighted by Crippen LogP contribution is 2.17. The minimum Gasteiger partial charge on any atom is -0.344 e. The van der Waals surface area contributed by atoms with Gasteiger partial charge in [-0.1, -0.05) is 19.1 Å². The number of aromatic nitrogens is 2. The van der Waals surface area contributed by atoms with Crippen LogP contribution in [0, 0.1) is 0 Å². The molecule has 0 bridgehead atoms. The molecule has 0 atom stereocenters. The number of fused-ring (bicyclic) bond motifs is 1. The Morgan fingerprint density at radius 3 is 2.86 bits per heavy atom. The fraction of sp³-hybridized carbons (Fsp3) is 0.500. The van der Waals surface area contributed by atoms with Gasteiger partial charge in [0.05, 0.1) is 11.0 Å². The molecule has 5 heteroatoms. The van der Waals surface area contributed by atoms with Crippen molar-refractivity contribution in [1.82, 2.24) is 14.5 Å². The number of hydrogen-bond donors (Lipinski definition) is 1. The first kappa shape index (κ1) is 15.5. The van der Waals surface area contributed by atoms with Crippen LogP contribution in [-0.4, -0.2) is 40.5 Å². The number of imidazole rings is 1. The number of hydrogen-bond acceptors (Lipinski definition) is 3. The molecule has 2 aromatic rings. The Bertz CT molecular complexity index is 605. The molecule has 0 aliphatic rings. The number of nitrogens with two attached hydrogens (primary N) is 1. The van der Waals surface area contributed by atoms with E-state index in [0.717, 1.165) is 36.1 Å². The van der Waals surface area contributed by atoms with E-state index >= 15 is 0 Å². The van der Waals surface area contributed by atoms with Gasteiger partial charge in [-0.3, -0.25) is 4.79 Å². The molecular formula is C16H24N4O. The number of benzene rings is 1. The molecule has 114 valence electrons. The second-order valence-electron chi connectivity index (χ2n) is 5.31. The summed E-state index contributed by atoms with van der Waals surface area (Å²) in [5.41, 5.74) is 7.48. The van der Waals surface area contributed by atoms with Crippen LogP contribution in [-0.2, 0) is 17.8 Å². The van der Waals surface area contributed by atoms with Crippen LogP contribution in [0.4, 0.5) is 0 Å². The van der Waals surface area contributed by atoms with Crippen molar-refractivity contribution in [3.63, 3.8) is 0 Å². The molecule has 1 aromatic carbocycles. The lowest BCUT2D eigenvalue weighted by atomic mass is 10.3. The lowest BCUT2D eigenvalue weighted by Crippen LogP contribution is -2.32. The lowest BCUT2D eigenvalue weighted by molar-refractivity contribution is -0.130. The van der Waals surface area contributed by atoms with Gasteiger partial charge in [-0.25, -0.2) is 4.98 Å². The highest BCUT2D eigenvalue weighted by Gasteiger charge is 2.15. The summed E-state index contributed by atoms with van der Waals surface area (Å²) in [6.07, 6.45) is 2.73. The maximum absolute atomic E-state index is 12.4. The van der Waals surface area contributed by atoms with E-state index in [1.54, 1.807) is 4.90 Å². The largest absolute Gasteiger partial charge is 0.344 e. The van der Waals surface area contributed by atoms with E-state index < -0.39 is 0 Å². The summed E-state index contributed by atoms with van der Waals surface area (Å²) in [4.78, 5) is 18.7. The first-order valence-electron chi connectivity index (χ1n) is 7.55. The second-order valence-corrected chi connectivity index (χ2v) is 5.31. The normalized spacial score (nSPS) is 11.0. The van der Waals surface area contributed by atoms with Crippen molar-refractivity contribution >= 4 is 16.9 Å². The SMILES string of the molecule is CCCc1nc2ccccc2n1CC(=O)N(C)CCCN. The van der Waals surface area contributed by atoms with Crippen molar-refractivity contribution in [3.8, 4) is 0 Å². The van der Waals surface area contributed by atoms with Gasteiger partial charge in [0.1, 0.15) is 12.4 Å². The van der Waals surface area contributed by atoms with Crippen molar-refractivity contribution in [3.05, 3.63) is 30.1 Å². The van der Waals surface area contributed by atoms with Crippen LogP contribution in [0.3, 0.4) is 0 Å². The zero-order valence-electron chi connectivity index (χ0n) is 12.9. The summed E-state index contributed by atoms with van der Waals surface area (Å²) in [5, 5.41) is 0. The predicted molar refractivity (Wildman–Crippen MR) is 85.0 cm³/mol.